The first-order chi connectivity index (χ1) is 9.06. The van der Waals surface area contributed by atoms with Crippen molar-refractivity contribution < 1.29 is 4.79 Å². The highest BCUT2D eigenvalue weighted by molar-refractivity contribution is 6.31. The Morgan fingerprint density at radius 3 is 2.58 bits per heavy atom. The minimum absolute atomic E-state index is 0.0749. The summed E-state index contributed by atoms with van der Waals surface area (Å²) < 4.78 is 0. The van der Waals surface area contributed by atoms with Crippen molar-refractivity contribution >= 4 is 23.2 Å². The number of benzene rings is 1. The Labute approximate surface area is 119 Å². The Hall–Kier alpha value is -1.58. The van der Waals surface area contributed by atoms with Crippen LogP contribution < -0.4 is 5.32 Å². The minimum Gasteiger partial charge on any atom is -0.325 e. The Kier molecular flexibility index (Phi) is 6.33. The van der Waals surface area contributed by atoms with E-state index in [4.69, 9.17) is 11.6 Å². The Morgan fingerprint density at radius 1 is 1.37 bits per heavy atom. The average Bonchev–Trinajstić information content (AvgIpc) is 2.34. The van der Waals surface area contributed by atoms with E-state index in [2.05, 4.69) is 18.5 Å². The third-order valence-electron chi connectivity index (χ3n) is 2.62. The molecule has 0 fully saturated rings. The second kappa shape index (κ2) is 7.77. The lowest BCUT2D eigenvalue weighted by atomic mass is 10.2. The number of carbonyl (C=O) groups excluding carboxylic acids is 1. The summed E-state index contributed by atoms with van der Waals surface area (Å²) in [6.07, 6.45) is 3.53. The summed E-state index contributed by atoms with van der Waals surface area (Å²) in [5, 5.41) is 3.47. The number of amides is 1. The molecule has 0 atom stereocenters. The zero-order valence-corrected chi connectivity index (χ0v) is 11.9. The normalized spacial score (nSPS) is 10.3. The zero-order chi connectivity index (χ0) is 14.3. The molecule has 0 saturated carbocycles. The van der Waals surface area contributed by atoms with E-state index in [0.717, 1.165) is 11.3 Å². The highest BCUT2D eigenvalue weighted by Gasteiger charge is 2.09. The maximum atomic E-state index is 12.0. The highest BCUT2D eigenvalue weighted by atomic mass is 35.5. The van der Waals surface area contributed by atoms with Gasteiger partial charge in [-0.1, -0.05) is 29.8 Å². The number of aryl methyl sites for hydroxylation is 1. The number of anilines is 1. The summed E-state index contributed by atoms with van der Waals surface area (Å²) in [4.78, 5) is 13.9. The minimum atomic E-state index is -0.0749. The SMILES string of the molecule is C=CCN(CC=C)CC(=O)Nc1cc(Cl)ccc1C. The number of nitrogens with one attached hydrogen (secondary N) is 1. The van der Waals surface area contributed by atoms with Crippen LogP contribution in [0, 0.1) is 6.92 Å². The second-order valence-corrected chi connectivity index (χ2v) is 4.72. The summed E-state index contributed by atoms with van der Waals surface area (Å²) in [6, 6.07) is 5.43. The smallest absolute Gasteiger partial charge is 0.238 e. The molecule has 0 aromatic heterocycles. The van der Waals surface area contributed by atoms with E-state index < -0.39 is 0 Å². The molecule has 3 nitrogen and oxygen atoms in total. The maximum Gasteiger partial charge on any atom is 0.238 e. The molecular formula is C15H19ClN2O. The lowest BCUT2D eigenvalue weighted by Crippen LogP contribution is -2.33. The van der Waals surface area contributed by atoms with E-state index in [1.165, 1.54) is 0 Å². The van der Waals surface area contributed by atoms with Gasteiger partial charge in [-0.05, 0) is 24.6 Å². The maximum absolute atomic E-state index is 12.0. The van der Waals surface area contributed by atoms with Crippen molar-refractivity contribution in [1.82, 2.24) is 4.90 Å². The number of hydrogen-bond acceptors (Lipinski definition) is 2. The molecule has 1 amide bonds. The van der Waals surface area contributed by atoms with Gasteiger partial charge < -0.3 is 5.32 Å². The van der Waals surface area contributed by atoms with Crippen molar-refractivity contribution in [2.45, 2.75) is 6.92 Å². The number of nitrogens with zero attached hydrogens (tertiary/aromatic N) is 1. The number of rotatable bonds is 7. The van der Waals surface area contributed by atoms with Crippen LogP contribution in [0.25, 0.3) is 0 Å². The van der Waals surface area contributed by atoms with Crippen LogP contribution in [0.2, 0.25) is 5.02 Å². The van der Waals surface area contributed by atoms with Crippen LogP contribution in [0.5, 0.6) is 0 Å². The van der Waals surface area contributed by atoms with Crippen LogP contribution in [-0.2, 0) is 4.79 Å². The van der Waals surface area contributed by atoms with Crippen LogP contribution in [0.1, 0.15) is 5.56 Å². The summed E-state index contributed by atoms with van der Waals surface area (Å²) in [7, 11) is 0. The van der Waals surface area contributed by atoms with E-state index in [9.17, 15) is 4.79 Å². The van der Waals surface area contributed by atoms with Gasteiger partial charge in [-0.3, -0.25) is 9.69 Å². The summed E-state index contributed by atoms with van der Waals surface area (Å²) >= 11 is 5.92. The quantitative estimate of drug-likeness (QED) is 0.777. The standard InChI is InChI=1S/C15H19ClN2O/c1-4-8-18(9-5-2)11-15(19)17-14-10-13(16)7-6-12(14)3/h4-7,10H,1-2,8-9,11H2,3H3,(H,17,19). The summed E-state index contributed by atoms with van der Waals surface area (Å²) in [6.45, 7) is 10.9. The second-order valence-electron chi connectivity index (χ2n) is 4.28. The molecular weight excluding hydrogens is 260 g/mol. The van der Waals surface area contributed by atoms with Crippen molar-refractivity contribution in [2.24, 2.45) is 0 Å². The number of halogens is 1. The van der Waals surface area contributed by atoms with Gasteiger partial charge in [0.25, 0.3) is 0 Å². The van der Waals surface area contributed by atoms with Gasteiger partial charge in [0.1, 0.15) is 0 Å². The highest BCUT2D eigenvalue weighted by Crippen LogP contribution is 2.20. The Morgan fingerprint density at radius 2 is 2.00 bits per heavy atom. The van der Waals surface area contributed by atoms with Crippen molar-refractivity contribution in [2.75, 3.05) is 25.0 Å². The molecule has 102 valence electrons. The average molecular weight is 279 g/mol. The zero-order valence-electron chi connectivity index (χ0n) is 11.2. The Bertz CT molecular complexity index is 461. The lowest BCUT2D eigenvalue weighted by molar-refractivity contribution is -0.117. The molecule has 0 unspecified atom stereocenters. The third-order valence-corrected chi connectivity index (χ3v) is 2.85. The van der Waals surface area contributed by atoms with Crippen LogP contribution in [0.4, 0.5) is 5.69 Å². The third kappa shape index (κ3) is 5.28. The molecule has 0 heterocycles. The van der Waals surface area contributed by atoms with Crippen molar-refractivity contribution in [1.29, 1.82) is 0 Å². The fourth-order valence-electron chi connectivity index (χ4n) is 1.69. The molecule has 0 bridgehead atoms. The molecule has 4 heteroatoms. The molecule has 1 aromatic carbocycles. The molecule has 0 saturated heterocycles. The summed E-state index contributed by atoms with van der Waals surface area (Å²) in [5.41, 5.74) is 1.73. The molecule has 1 N–H and O–H groups in total. The van der Waals surface area contributed by atoms with Gasteiger partial charge in [-0.2, -0.15) is 0 Å². The van der Waals surface area contributed by atoms with Gasteiger partial charge in [0.05, 0.1) is 6.54 Å². The van der Waals surface area contributed by atoms with Crippen molar-refractivity contribution in [3.63, 3.8) is 0 Å². The first-order valence-corrected chi connectivity index (χ1v) is 6.44. The van der Waals surface area contributed by atoms with Gasteiger partial charge in [-0.15, -0.1) is 13.2 Å². The van der Waals surface area contributed by atoms with Crippen LogP contribution in [0.15, 0.2) is 43.5 Å². The van der Waals surface area contributed by atoms with Crippen LogP contribution in [0.3, 0.4) is 0 Å². The monoisotopic (exact) mass is 278 g/mol. The molecule has 19 heavy (non-hydrogen) atoms. The first kappa shape index (κ1) is 15.5. The van der Waals surface area contributed by atoms with Gasteiger partial charge in [0.15, 0.2) is 0 Å². The fourth-order valence-corrected chi connectivity index (χ4v) is 1.86. The fraction of sp³-hybridized carbons (Fsp3) is 0.267. The molecule has 1 rings (SSSR count). The van der Waals surface area contributed by atoms with Crippen LogP contribution >= 0.6 is 11.6 Å². The van der Waals surface area contributed by atoms with Gasteiger partial charge in [-0.25, -0.2) is 0 Å². The first-order valence-electron chi connectivity index (χ1n) is 6.07. The number of hydrogen-bond donors (Lipinski definition) is 1. The van der Waals surface area contributed by atoms with E-state index in [0.29, 0.717) is 24.7 Å². The molecule has 0 radical (unpaired) electrons. The van der Waals surface area contributed by atoms with Gasteiger partial charge in [0, 0.05) is 23.8 Å². The van der Waals surface area contributed by atoms with E-state index in [-0.39, 0.29) is 5.91 Å². The molecule has 0 spiro atoms. The van der Waals surface area contributed by atoms with Crippen molar-refractivity contribution in [3.8, 4) is 0 Å². The van der Waals surface area contributed by atoms with Crippen molar-refractivity contribution in [3.05, 3.63) is 54.1 Å². The largest absolute Gasteiger partial charge is 0.325 e. The Balaban J connectivity index is 2.65. The number of carbonyl (C=O) groups is 1. The van der Waals surface area contributed by atoms with E-state index in [1.807, 2.05) is 17.9 Å². The topological polar surface area (TPSA) is 32.3 Å². The van der Waals surface area contributed by atoms with E-state index >= 15 is 0 Å². The predicted molar refractivity (Wildman–Crippen MR) is 81.7 cm³/mol. The lowest BCUT2D eigenvalue weighted by Gasteiger charge is -2.18. The molecule has 0 aliphatic carbocycles. The molecule has 0 aliphatic heterocycles. The summed E-state index contributed by atoms with van der Waals surface area (Å²) in [5.74, 6) is -0.0749. The predicted octanol–water partition coefficient (Wildman–Crippen LogP) is 3.26. The van der Waals surface area contributed by atoms with Gasteiger partial charge >= 0.3 is 0 Å². The van der Waals surface area contributed by atoms with E-state index in [1.54, 1.807) is 24.3 Å². The van der Waals surface area contributed by atoms with Gasteiger partial charge in [0.2, 0.25) is 5.91 Å². The molecule has 1 aromatic rings. The molecule has 0 aliphatic rings. The van der Waals surface area contributed by atoms with Crippen LogP contribution in [-0.4, -0.2) is 30.4 Å².